The number of aliphatic hydroxyl groups excluding tert-OH is 9. The molecule has 20 heteroatoms. The minimum Gasteiger partial charge on any atom is -0.432 e. The molecular formula is C61H92INO18. The first-order chi connectivity index (χ1) is 38.0. The second-order valence-corrected chi connectivity index (χ2v) is 28.8. The van der Waals surface area contributed by atoms with Crippen LogP contribution >= 0.6 is 22.6 Å². The lowest BCUT2D eigenvalue weighted by Gasteiger charge is -2.71. The summed E-state index contributed by atoms with van der Waals surface area (Å²) in [4.78, 5) is 42.1. The van der Waals surface area contributed by atoms with Gasteiger partial charge in [-0.25, -0.2) is 0 Å². The first kappa shape index (κ1) is 63.2. The Morgan fingerprint density at radius 2 is 1.37 bits per heavy atom. The van der Waals surface area contributed by atoms with Gasteiger partial charge in [0.25, 0.3) is 0 Å². The fourth-order valence-corrected chi connectivity index (χ4v) is 17.2. The van der Waals surface area contributed by atoms with Crippen molar-refractivity contribution in [3.8, 4) is 0 Å². The molecule has 7 fully saturated rings. The number of carbonyl (C=O) groups excluding carboxylic acids is 3. The second kappa shape index (κ2) is 24.1. The van der Waals surface area contributed by atoms with Crippen LogP contribution < -0.4 is 5.32 Å². The molecule has 3 aliphatic heterocycles. The van der Waals surface area contributed by atoms with Gasteiger partial charge in [-0.2, -0.15) is 0 Å². The summed E-state index contributed by atoms with van der Waals surface area (Å²) in [6.45, 7) is 16.2. The molecule has 10 N–H and O–H groups in total. The molecule has 1 aromatic carbocycles. The lowest BCUT2D eigenvalue weighted by Crippen LogP contribution is -2.69. The Hall–Kier alpha value is -2.26. The molecule has 456 valence electrons. The number of ketones is 1. The van der Waals surface area contributed by atoms with Crippen molar-refractivity contribution >= 4 is 40.3 Å². The van der Waals surface area contributed by atoms with Crippen LogP contribution in [0.1, 0.15) is 162 Å². The molecule has 1 amide bonds. The summed E-state index contributed by atoms with van der Waals surface area (Å²) < 4.78 is 37.6. The quantitative estimate of drug-likeness (QED) is 0.0352. The van der Waals surface area contributed by atoms with Crippen molar-refractivity contribution in [3.05, 3.63) is 45.0 Å². The van der Waals surface area contributed by atoms with E-state index in [4.69, 9.17) is 28.4 Å². The minimum atomic E-state index is -1.94. The van der Waals surface area contributed by atoms with Gasteiger partial charge in [-0.1, -0.05) is 85.1 Å². The molecule has 4 saturated carbocycles. The Labute approximate surface area is 490 Å². The Bertz CT molecular complexity index is 2440. The minimum absolute atomic E-state index is 0.0228. The number of fused-ring (bicyclic) bond motifs is 7. The second-order valence-electron chi connectivity index (χ2n) is 27.6. The van der Waals surface area contributed by atoms with Crippen molar-refractivity contribution in [3.63, 3.8) is 0 Å². The highest BCUT2D eigenvalue weighted by Gasteiger charge is 2.72. The number of benzene rings is 1. The molecule has 3 heterocycles. The van der Waals surface area contributed by atoms with E-state index in [1.807, 2.05) is 12.1 Å². The van der Waals surface area contributed by atoms with Crippen LogP contribution in [0.3, 0.4) is 0 Å². The number of Topliss-reactive ketones (excluding diaryl/α,β-unsaturated/α-hetero) is 1. The fraction of sp³-hybridized carbons (Fsp3) is 0.820. The molecule has 0 aromatic heterocycles. The van der Waals surface area contributed by atoms with Gasteiger partial charge in [0, 0.05) is 22.0 Å². The van der Waals surface area contributed by atoms with Crippen molar-refractivity contribution in [1.82, 2.24) is 5.32 Å². The van der Waals surface area contributed by atoms with E-state index >= 15 is 4.79 Å². The summed E-state index contributed by atoms with van der Waals surface area (Å²) in [7, 11) is 0. The third kappa shape index (κ3) is 11.5. The summed E-state index contributed by atoms with van der Waals surface area (Å²) in [5.41, 5.74) is -1.04. The van der Waals surface area contributed by atoms with Gasteiger partial charge in [-0.15, -0.1) is 0 Å². The molecule has 0 spiro atoms. The molecule has 5 aliphatic carbocycles. The van der Waals surface area contributed by atoms with Crippen molar-refractivity contribution in [2.24, 2.45) is 50.2 Å². The van der Waals surface area contributed by atoms with E-state index in [0.717, 1.165) is 41.2 Å². The van der Waals surface area contributed by atoms with Gasteiger partial charge in [-0.05, 0) is 157 Å². The van der Waals surface area contributed by atoms with Gasteiger partial charge in [0.2, 0.25) is 12.2 Å². The Morgan fingerprint density at radius 3 is 2.06 bits per heavy atom. The number of esters is 1. The number of hydrogen-bond donors (Lipinski definition) is 10. The number of hydrogen-bond acceptors (Lipinski definition) is 18. The maximum absolute atomic E-state index is 15.7. The molecular weight excluding hydrogens is 1160 g/mol. The number of halogens is 1. The van der Waals surface area contributed by atoms with Crippen molar-refractivity contribution in [2.75, 3.05) is 13.2 Å². The van der Waals surface area contributed by atoms with Crippen LogP contribution in [0.15, 0.2) is 35.9 Å². The average molecular weight is 1250 g/mol. The van der Waals surface area contributed by atoms with Gasteiger partial charge in [0.1, 0.15) is 54.2 Å². The summed E-state index contributed by atoms with van der Waals surface area (Å²) >= 11 is 2.19. The molecule has 0 bridgehead atoms. The molecule has 9 rings (SSSR count). The molecule has 3 saturated heterocycles. The fourth-order valence-electron chi connectivity index (χ4n) is 16.9. The first-order valence-corrected chi connectivity index (χ1v) is 30.9. The number of aliphatic hydroxyl groups is 9. The number of nitrogens with one attached hydrogen (secondary N) is 1. The SMILES string of the molecule is CC1OC(OC2C(O)[C@@H](NC(=O)CCCCCCC(=O)c3ccc(I)cc3)C(CO)O[C@H]2OC(=O)[C@]23CCC(C)(C)CC2C2=CCC4C5(C)CC[C@H](O)C(C)(C)[C@@H]5CC[C@@]4(C)[C@]2(C)C[C@H]3O)C(O)C(O)[C@H]1O[C@@H]1OC[C@@H](O)C(O)C1O. The number of rotatable bonds is 16. The standard InChI is InChI=1S/C61H92INO18/c1-31-50(79-52-48(73)45(70)37(66)30-76-52)47(72)49(74)53(77-31)80-51-46(71)44(63-43(69)14-12-10-9-11-13-36(65)32-15-17-33(62)18-16-32)38(29-64)78-54(51)81-55(75)61-26-25-56(2,3)27-35(61)34-19-20-40-58(6)23-22-41(67)57(4,5)39(58)21-24-59(40,7)60(34,8)28-42(61)68/h15-19,31,35,37-42,44-54,64,66-68,70-74H,9-14,20-30H2,1-8H3,(H,63,69)/t31?,35?,37-,38?,39+,40?,41+,42-,44+,45?,46?,47?,48?,49?,50+,51?,52+,53?,54+,58?,59-,60-,61-/m1/s1. The number of allylic oxidation sites excluding steroid dienone is 2. The smallest absolute Gasteiger partial charge is 0.317 e. The van der Waals surface area contributed by atoms with Gasteiger partial charge in [0.05, 0.1) is 37.6 Å². The Morgan fingerprint density at radius 1 is 0.704 bits per heavy atom. The molecule has 8 aliphatic rings. The molecule has 0 radical (unpaired) electrons. The van der Waals surface area contributed by atoms with E-state index in [2.05, 4.69) is 82.4 Å². The third-order valence-corrected chi connectivity index (χ3v) is 22.7. The van der Waals surface area contributed by atoms with Gasteiger partial charge >= 0.3 is 5.97 Å². The zero-order valence-electron chi connectivity index (χ0n) is 48.5. The third-order valence-electron chi connectivity index (χ3n) is 22.0. The highest BCUT2D eigenvalue weighted by atomic mass is 127. The highest BCUT2D eigenvalue weighted by molar-refractivity contribution is 14.1. The van der Waals surface area contributed by atoms with Gasteiger partial charge < -0.3 is 79.7 Å². The summed E-state index contributed by atoms with van der Waals surface area (Å²) in [6, 6.07) is 6.02. The van der Waals surface area contributed by atoms with E-state index in [1.54, 1.807) is 12.1 Å². The molecule has 23 atom stereocenters. The number of carbonyl (C=O) groups is 3. The number of amides is 1. The lowest BCUT2D eigenvalue weighted by atomic mass is 9.33. The van der Waals surface area contributed by atoms with E-state index in [9.17, 15) is 55.5 Å². The van der Waals surface area contributed by atoms with Crippen molar-refractivity contribution in [1.29, 1.82) is 0 Å². The van der Waals surface area contributed by atoms with Gasteiger partial charge in [-0.3, -0.25) is 14.4 Å². The summed E-state index contributed by atoms with van der Waals surface area (Å²) in [6.07, 6.45) is -11.6. The monoisotopic (exact) mass is 1250 g/mol. The number of unbranched alkanes of at least 4 members (excludes halogenated alkanes) is 3. The highest BCUT2D eigenvalue weighted by Crippen LogP contribution is 2.76. The van der Waals surface area contributed by atoms with E-state index in [0.29, 0.717) is 56.4 Å². The van der Waals surface area contributed by atoms with Crippen LogP contribution in [0.4, 0.5) is 0 Å². The average Bonchev–Trinajstić information content (AvgIpc) is 1.41. The largest absolute Gasteiger partial charge is 0.432 e. The van der Waals surface area contributed by atoms with Gasteiger partial charge in [0.15, 0.2) is 24.5 Å². The maximum Gasteiger partial charge on any atom is 0.317 e. The molecule has 81 heavy (non-hydrogen) atoms. The van der Waals surface area contributed by atoms with Crippen LogP contribution in [0.5, 0.6) is 0 Å². The van der Waals surface area contributed by atoms with Crippen LogP contribution in [-0.2, 0) is 38.0 Å². The molecule has 1 aromatic rings. The maximum atomic E-state index is 15.7. The molecule has 19 nitrogen and oxygen atoms in total. The normalized spacial score (nSPS) is 45.5. The number of ether oxygens (including phenoxy) is 6. The van der Waals surface area contributed by atoms with Crippen LogP contribution in [0.25, 0.3) is 0 Å². The zero-order valence-corrected chi connectivity index (χ0v) is 50.6. The van der Waals surface area contributed by atoms with E-state index < -0.39 is 134 Å². The Kier molecular flexibility index (Phi) is 18.8. The molecule has 12 unspecified atom stereocenters. The van der Waals surface area contributed by atoms with E-state index in [-0.39, 0.29) is 58.7 Å². The van der Waals surface area contributed by atoms with Crippen LogP contribution in [0.2, 0.25) is 0 Å². The van der Waals surface area contributed by atoms with Crippen molar-refractivity contribution in [2.45, 2.75) is 250 Å². The van der Waals surface area contributed by atoms with Crippen LogP contribution in [-0.4, -0.2) is 175 Å². The predicted octanol–water partition coefficient (Wildman–Crippen LogP) is 4.73. The summed E-state index contributed by atoms with van der Waals surface area (Å²) in [5, 5.41) is 105. The Balaban J connectivity index is 0.960. The van der Waals surface area contributed by atoms with Crippen molar-refractivity contribution < 1.29 is 88.8 Å². The van der Waals surface area contributed by atoms with E-state index in [1.165, 1.54) is 6.92 Å². The topological polar surface area (TPSA) is 301 Å². The predicted molar refractivity (Wildman–Crippen MR) is 301 cm³/mol. The van der Waals surface area contributed by atoms with Crippen LogP contribution in [0, 0.1) is 53.8 Å². The first-order valence-electron chi connectivity index (χ1n) is 29.8. The zero-order chi connectivity index (χ0) is 58.9. The summed E-state index contributed by atoms with van der Waals surface area (Å²) in [5.74, 6) is -1.15. The lowest BCUT2D eigenvalue weighted by molar-refractivity contribution is -0.370.